The molecule has 4 nitrogen and oxygen atoms in total. The highest BCUT2D eigenvalue weighted by Gasteiger charge is 2.29. The Hall–Kier alpha value is -2.17. The predicted octanol–water partition coefficient (Wildman–Crippen LogP) is 4.40. The van der Waals surface area contributed by atoms with Gasteiger partial charge in [0.25, 0.3) is 0 Å². The van der Waals surface area contributed by atoms with Crippen molar-refractivity contribution < 1.29 is 9.15 Å². The summed E-state index contributed by atoms with van der Waals surface area (Å²) in [7, 11) is 0. The van der Waals surface area contributed by atoms with E-state index in [-0.39, 0.29) is 18.2 Å². The maximum absolute atomic E-state index is 6.05. The highest BCUT2D eigenvalue weighted by molar-refractivity contribution is 5.77. The summed E-state index contributed by atoms with van der Waals surface area (Å²) in [5.74, 6) is 0.968. The van der Waals surface area contributed by atoms with Crippen LogP contribution < -0.4 is 5.32 Å². The van der Waals surface area contributed by atoms with Crippen molar-refractivity contribution in [1.82, 2.24) is 10.3 Å². The third-order valence-corrected chi connectivity index (χ3v) is 4.69. The highest BCUT2D eigenvalue weighted by Crippen LogP contribution is 2.31. The van der Waals surface area contributed by atoms with Crippen LogP contribution in [-0.4, -0.2) is 17.6 Å². The van der Waals surface area contributed by atoms with Crippen molar-refractivity contribution in [2.45, 2.75) is 38.0 Å². The first-order valence-corrected chi connectivity index (χ1v) is 8.57. The molecule has 1 fully saturated rings. The van der Waals surface area contributed by atoms with Crippen molar-refractivity contribution in [3.05, 3.63) is 66.2 Å². The first-order chi connectivity index (χ1) is 11.8. The van der Waals surface area contributed by atoms with Gasteiger partial charge in [-0.05, 0) is 49.6 Å². The fourth-order valence-corrected chi connectivity index (χ4v) is 3.45. The molecular formula is C20H22N2O2. The van der Waals surface area contributed by atoms with Crippen molar-refractivity contribution in [1.29, 1.82) is 0 Å². The second-order valence-electron chi connectivity index (χ2n) is 6.40. The third kappa shape index (κ3) is 3.07. The molecule has 2 aromatic heterocycles. The lowest BCUT2D eigenvalue weighted by atomic mass is 9.96. The molecule has 0 radical (unpaired) electrons. The van der Waals surface area contributed by atoms with Gasteiger partial charge in [-0.15, -0.1) is 0 Å². The van der Waals surface area contributed by atoms with Crippen LogP contribution in [-0.2, 0) is 4.74 Å². The van der Waals surface area contributed by atoms with Crippen LogP contribution in [0.15, 0.2) is 59.3 Å². The van der Waals surface area contributed by atoms with Crippen LogP contribution in [0.1, 0.15) is 43.2 Å². The fourth-order valence-electron chi connectivity index (χ4n) is 3.45. The minimum absolute atomic E-state index is 0.0635. The SMILES string of the molecule is CC(N[C@H]1CCCO[C@@H]1c1ccncc1)c1cc2ccccc2o1. The zero-order valence-corrected chi connectivity index (χ0v) is 13.8. The second kappa shape index (κ2) is 6.75. The summed E-state index contributed by atoms with van der Waals surface area (Å²) >= 11 is 0. The molecule has 0 bridgehead atoms. The first-order valence-electron chi connectivity index (χ1n) is 8.57. The number of pyridine rings is 1. The summed E-state index contributed by atoms with van der Waals surface area (Å²) in [6, 6.07) is 14.7. The van der Waals surface area contributed by atoms with Crippen molar-refractivity contribution in [2.24, 2.45) is 0 Å². The summed E-state index contributed by atoms with van der Waals surface area (Å²) in [6.07, 6.45) is 5.89. The van der Waals surface area contributed by atoms with Gasteiger partial charge in [0.2, 0.25) is 0 Å². The lowest BCUT2D eigenvalue weighted by molar-refractivity contribution is -0.0140. The van der Waals surface area contributed by atoms with Crippen molar-refractivity contribution in [2.75, 3.05) is 6.61 Å². The number of nitrogens with one attached hydrogen (secondary N) is 1. The van der Waals surface area contributed by atoms with Gasteiger partial charge >= 0.3 is 0 Å². The molecule has 0 spiro atoms. The topological polar surface area (TPSA) is 47.3 Å². The molecule has 1 N–H and O–H groups in total. The average Bonchev–Trinajstić information content (AvgIpc) is 3.07. The molecule has 1 aliphatic heterocycles. The number of fused-ring (bicyclic) bond motifs is 1. The Morgan fingerprint density at radius 3 is 2.83 bits per heavy atom. The third-order valence-electron chi connectivity index (χ3n) is 4.69. The fraction of sp³-hybridized carbons (Fsp3) is 0.350. The average molecular weight is 322 g/mol. The molecular weight excluding hydrogens is 300 g/mol. The molecule has 1 aromatic carbocycles. The molecule has 24 heavy (non-hydrogen) atoms. The Bertz CT molecular complexity index is 767. The number of hydrogen-bond acceptors (Lipinski definition) is 4. The molecule has 3 aromatic rings. The minimum atomic E-state index is 0.0635. The van der Waals surface area contributed by atoms with Gasteiger partial charge in [0.15, 0.2) is 0 Å². The van der Waals surface area contributed by atoms with Gasteiger partial charge in [0, 0.05) is 30.4 Å². The van der Waals surface area contributed by atoms with E-state index in [0.29, 0.717) is 0 Å². The Morgan fingerprint density at radius 2 is 2.00 bits per heavy atom. The van der Waals surface area contributed by atoms with Crippen LogP contribution in [0.2, 0.25) is 0 Å². The minimum Gasteiger partial charge on any atom is -0.459 e. The normalized spacial score (nSPS) is 22.5. The van der Waals surface area contributed by atoms with Crippen LogP contribution in [0.3, 0.4) is 0 Å². The van der Waals surface area contributed by atoms with E-state index in [2.05, 4.69) is 29.4 Å². The van der Waals surface area contributed by atoms with Gasteiger partial charge < -0.3 is 14.5 Å². The van der Waals surface area contributed by atoms with E-state index in [1.807, 2.05) is 42.7 Å². The molecule has 0 amide bonds. The summed E-state index contributed by atoms with van der Waals surface area (Å²) < 4.78 is 12.1. The van der Waals surface area contributed by atoms with E-state index in [9.17, 15) is 0 Å². The Kier molecular flexibility index (Phi) is 4.32. The van der Waals surface area contributed by atoms with Crippen LogP contribution in [0.4, 0.5) is 0 Å². The number of para-hydroxylation sites is 1. The lowest BCUT2D eigenvalue weighted by Gasteiger charge is -2.34. The van der Waals surface area contributed by atoms with E-state index >= 15 is 0 Å². The molecule has 3 atom stereocenters. The second-order valence-corrected chi connectivity index (χ2v) is 6.40. The zero-order chi connectivity index (χ0) is 16.4. The van der Waals surface area contributed by atoms with Gasteiger partial charge in [0.1, 0.15) is 11.3 Å². The van der Waals surface area contributed by atoms with E-state index in [1.165, 1.54) is 5.56 Å². The first kappa shape index (κ1) is 15.4. The Labute approximate surface area is 141 Å². The number of aromatic nitrogens is 1. The predicted molar refractivity (Wildman–Crippen MR) is 93.7 cm³/mol. The number of rotatable bonds is 4. The van der Waals surface area contributed by atoms with Gasteiger partial charge in [-0.25, -0.2) is 0 Å². The van der Waals surface area contributed by atoms with Crippen LogP contribution >= 0.6 is 0 Å². The molecule has 0 aliphatic carbocycles. The summed E-state index contributed by atoms with van der Waals surface area (Å²) in [6.45, 7) is 2.96. The standard InChI is InChI=1S/C20H22N2O2/c1-14(19-13-16-5-2-3-7-18(16)24-19)22-17-6-4-12-23-20(17)15-8-10-21-11-9-15/h2-3,5,7-11,13-14,17,20,22H,4,6,12H2,1H3/t14?,17-,20+/m0/s1. The summed E-state index contributed by atoms with van der Waals surface area (Å²) in [4.78, 5) is 4.11. The molecule has 1 aliphatic rings. The molecule has 0 saturated carbocycles. The maximum atomic E-state index is 6.05. The molecule has 1 unspecified atom stereocenters. The monoisotopic (exact) mass is 322 g/mol. The van der Waals surface area contributed by atoms with Gasteiger partial charge in [-0.2, -0.15) is 0 Å². The molecule has 4 rings (SSSR count). The van der Waals surface area contributed by atoms with Gasteiger partial charge in [-0.3, -0.25) is 4.98 Å². The quantitative estimate of drug-likeness (QED) is 0.773. The highest BCUT2D eigenvalue weighted by atomic mass is 16.5. The molecule has 124 valence electrons. The van der Waals surface area contributed by atoms with Gasteiger partial charge in [0.05, 0.1) is 12.1 Å². The van der Waals surface area contributed by atoms with Crippen molar-refractivity contribution in [3.63, 3.8) is 0 Å². The van der Waals surface area contributed by atoms with E-state index in [1.54, 1.807) is 0 Å². The zero-order valence-electron chi connectivity index (χ0n) is 13.8. The van der Waals surface area contributed by atoms with Crippen LogP contribution in [0.5, 0.6) is 0 Å². The van der Waals surface area contributed by atoms with Gasteiger partial charge in [-0.1, -0.05) is 18.2 Å². The smallest absolute Gasteiger partial charge is 0.134 e. The van der Waals surface area contributed by atoms with Crippen molar-refractivity contribution >= 4 is 11.0 Å². The maximum Gasteiger partial charge on any atom is 0.134 e. The molecule has 4 heteroatoms. The number of ether oxygens (including phenoxy) is 1. The van der Waals surface area contributed by atoms with Crippen LogP contribution in [0.25, 0.3) is 11.0 Å². The van der Waals surface area contributed by atoms with E-state index in [0.717, 1.165) is 36.2 Å². The lowest BCUT2D eigenvalue weighted by Crippen LogP contribution is -2.40. The molecule has 3 heterocycles. The largest absolute Gasteiger partial charge is 0.459 e. The summed E-state index contributed by atoms with van der Waals surface area (Å²) in [5, 5.41) is 4.85. The molecule has 1 saturated heterocycles. The number of furan rings is 1. The van der Waals surface area contributed by atoms with E-state index in [4.69, 9.17) is 9.15 Å². The number of hydrogen-bond donors (Lipinski definition) is 1. The van der Waals surface area contributed by atoms with E-state index < -0.39 is 0 Å². The summed E-state index contributed by atoms with van der Waals surface area (Å²) in [5.41, 5.74) is 2.12. The number of nitrogens with zero attached hydrogens (tertiary/aromatic N) is 1. The Morgan fingerprint density at radius 1 is 1.17 bits per heavy atom. The number of benzene rings is 1. The van der Waals surface area contributed by atoms with Crippen LogP contribution in [0, 0.1) is 0 Å². The Balaban J connectivity index is 1.53. The van der Waals surface area contributed by atoms with Crippen molar-refractivity contribution in [3.8, 4) is 0 Å².